The molecule has 4 aromatic rings. The molecule has 0 aliphatic rings. The highest BCUT2D eigenvalue weighted by atomic mass is 19.4. The number of aryl methyl sites for hydroxylation is 2. The number of nitrogens with zero attached hydrogens (tertiary/aromatic N) is 3. The number of benzene rings is 2. The minimum absolute atomic E-state index is 0.0660. The molecule has 0 unspecified atom stereocenters. The predicted molar refractivity (Wildman–Crippen MR) is 110 cm³/mol. The topological polar surface area (TPSA) is 59.8 Å². The summed E-state index contributed by atoms with van der Waals surface area (Å²) in [6, 6.07) is 13.9. The fourth-order valence-corrected chi connectivity index (χ4v) is 3.33. The lowest BCUT2D eigenvalue weighted by Crippen LogP contribution is -2.19. The minimum atomic E-state index is -4.38. The Morgan fingerprint density at radius 1 is 1.00 bits per heavy atom. The summed E-state index contributed by atoms with van der Waals surface area (Å²) in [5.41, 5.74) is 2.57. The van der Waals surface area contributed by atoms with Gasteiger partial charge in [-0.25, -0.2) is 0 Å². The molecule has 0 saturated heterocycles. The zero-order chi connectivity index (χ0) is 21.5. The number of hydrogen-bond acceptors (Lipinski definition) is 4. The van der Waals surface area contributed by atoms with Crippen LogP contribution in [0.1, 0.15) is 11.1 Å². The first kappa shape index (κ1) is 19.6. The van der Waals surface area contributed by atoms with Gasteiger partial charge in [0.2, 0.25) is 0 Å². The third kappa shape index (κ3) is 3.63. The van der Waals surface area contributed by atoms with E-state index in [0.29, 0.717) is 22.5 Å². The molecule has 2 aromatic carbocycles. The first-order valence-electron chi connectivity index (χ1n) is 9.11. The summed E-state index contributed by atoms with van der Waals surface area (Å²) in [4.78, 5) is 12.2. The zero-order valence-electron chi connectivity index (χ0n) is 16.2. The number of aromatic nitrogens is 3. The number of hydrogen-bond donors (Lipinski definition) is 1. The summed E-state index contributed by atoms with van der Waals surface area (Å²) in [5.74, 6) is 0.436. The van der Waals surface area contributed by atoms with Gasteiger partial charge in [0.05, 0.1) is 17.3 Å². The Morgan fingerprint density at radius 3 is 2.43 bits per heavy atom. The molecule has 0 bridgehead atoms. The van der Waals surface area contributed by atoms with Crippen molar-refractivity contribution in [1.29, 1.82) is 0 Å². The normalized spacial score (nSPS) is 11.6. The van der Waals surface area contributed by atoms with Crippen LogP contribution in [0.3, 0.4) is 0 Å². The summed E-state index contributed by atoms with van der Waals surface area (Å²) < 4.78 is 39.9. The molecular formula is C22H17F3N4O. The maximum Gasteiger partial charge on any atom is 0.416 e. The molecule has 0 aliphatic carbocycles. The Bertz CT molecular complexity index is 1290. The van der Waals surface area contributed by atoms with Gasteiger partial charge in [0, 0.05) is 29.2 Å². The quantitative estimate of drug-likeness (QED) is 0.513. The minimum Gasteiger partial charge on any atom is -0.338 e. The summed E-state index contributed by atoms with van der Waals surface area (Å²) >= 11 is 0. The Morgan fingerprint density at radius 2 is 1.73 bits per heavy atom. The molecule has 0 spiro atoms. The molecule has 0 aliphatic heterocycles. The summed E-state index contributed by atoms with van der Waals surface area (Å²) in [7, 11) is 1.71. The smallest absolute Gasteiger partial charge is 0.338 e. The van der Waals surface area contributed by atoms with Gasteiger partial charge in [-0.1, -0.05) is 18.2 Å². The van der Waals surface area contributed by atoms with Crippen molar-refractivity contribution in [3.8, 4) is 11.1 Å². The van der Waals surface area contributed by atoms with Gasteiger partial charge in [0.15, 0.2) is 5.82 Å². The number of pyridine rings is 1. The van der Waals surface area contributed by atoms with Gasteiger partial charge in [-0.2, -0.15) is 18.3 Å². The lowest BCUT2D eigenvalue weighted by molar-refractivity contribution is -0.137. The Labute approximate surface area is 169 Å². The van der Waals surface area contributed by atoms with Crippen LogP contribution in [0.5, 0.6) is 0 Å². The van der Waals surface area contributed by atoms with E-state index >= 15 is 0 Å². The van der Waals surface area contributed by atoms with E-state index in [1.165, 1.54) is 18.3 Å². The highest BCUT2D eigenvalue weighted by molar-refractivity contribution is 5.93. The SMILES string of the molecule is Cc1cc2c(Nc3cc(-c4ccc(C(F)(F)F)cc4)cnn3)cccc2n(C)c1=O. The van der Waals surface area contributed by atoms with Gasteiger partial charge in [-0.3, -0.25) is 4.79 Å². The average Bonchev–Trinajstić information content (AvgIpc) is 2.72. The van der Waals surface area contributed by atoms with E-state index in [1.54, 1.807) is 24.6 Å². The average molecular weight is 410 g/mol. The molecule has 4 rings (SSSR count). The van der Waals surface area contributed by atoms with Crippen molar-refractivity contribution in [2.45, 2.75) is 13.1 Å². The molecule has 8 heteroatoms. The van der Waals surface area contributed by atoms with Crippen LogP contribution < -0.4 is 10.9 Å². The number of fused-ring (bicyclic) bond motifs is 1. The second kappa shape index (κ2) is 7.29. The lowest BCUT2D eigenvalue weighted by Gasteiger charge is -2.13. The molecule has 2 aromatic heterocycles. The molecule has 152 valence electrons. The summed E-state index contributed by atoms with van der Waals surface area (Å²) in [5, 5.41) is 12.1. The zero-order valence-corrected chi connectivity index (χ0v) is 16.2. The third-order valence-electron chi connectivity index (χ3n) is 4.91. The highest BCUT2D eigenvalue weighted by Gasteiger charge is 2.30. The van der Waals surface area contributed by atoms with Crippen LogP contribution in [0.25, 0.3) is 22.0 Å². The van der Waals surface area contributed by atoms with Gasteiger partial charge in [0.1, 0.15) is 0 Å². The van der Waals surface area contributed by atoms with Gasteiger partial charge in [-0.15, -0.1) is 5.10 Å². The van der Waals surface area contributed by atoms with E-state index in [2.05, 4.69) is 15.5 Å². The second-order valence-electron chi connectivity index (χ2n) is 6.96. The van der Waals surface area contributed by atoms with Crippen LogP contribution in [-0.4, -0.2) is 14.8 Å². The van der Waals surface area contributed by atoms with E-state index < -0.39 is 11.7 Å². The second-order valence-corrected chi connectivity index (χ2v) is 6.96. The van der Waals surface area contributed by atoms with Gasteiger partial charge >= 0.3 is 6.18 Å². The maximum absolute atomic E-state index is 12.8. The molecule has 0 saturated carbocycles. The van der Waals surface area contributed by atoms with E-state index in [9.17, 15) is 18.0 Å². The fraction of sp³-hybridized carbons (Fsp3) is 0.136. The van der Waals surface area contributed by atoms with Crippen molar-refractivity contribution < 1.29 is 13.2 Å². The van der Waals surface area contributed by atoms with Crippen molar-refractivity contribution in [1.82, 2.24) is 14.8 Å². The predicted octanol–water partition coefficient (Wildman–Crippen LogP) is 5.07. The molecular weight excluding hydrogens is 393 g/mol. The van der Waals surface area contributed by atoms with Crippen molar-refractivity contribution in [3.05, 3.63) is 82.3 Å². The molecule has 30 heavy (non-hydrogen) atoms. The first-order chi connectivity index (χ1) is 14.2. The standard InChI is InChI=1S/C22H17F3N4O/c1-13-10-17-18(4-3-5-19(17)29(2)21(13)30)27-20-11-15(12-26-28-20)14-6-8-16(9-7-14)22(23,24)25/h3-12H,1-2H3,(H,27,28). The van der Waals surface area contributed by atoms with E-state index in [-0.39, 0.29) is 5.56 Å². The van der Waals surface area contributed by atoms with Crippen LogP contribution >= 0.6 is 0 Å². The largest absolute Gasteiger partial charge is 0.416 e. The number of rotatable bonds is 3. The Kier molecular flexibility index (Phi) is 4.77. The van der Waals surface area contributed by atoms with Gasteiger partial charge in [0.25, 0.3) is 5.56 Å². The Balaban J connectivity index is 1.70. The number of halogens is 3. The first-order valence-corrected chi connectivity index (χ1v) is 9.11. The summed E-state index contributed by atoms with van der Waals surface area (Å²) in [6.07, 6.45) is -2.89. The van der Waals surface area contributed by atoms with E-state index in [4.69, 9.17) is 0 Å². The molecule has 0 radical (unpaired) electrons. The van der Waals surface area contributed by atoms with Crippen molar-refractivity contribution in [2.24, 2.45) is 7.05 Å². The summed E-state index contributed by atoms with van der Waals surface area (Å²) in [6.45, 7) is 1.75. The number of nitrogens with one attached hydrogen (secondary N) is 1. The fourth-order valence-electron chi connectivity index (χ4n) is 3.33. The van der Waals surface area contributed by atoms with Crippen LogP contribution in [0.2, 0.25) is 0 Å². The van der Waals surface area contributed by atoms with E-state index in [0.717, 1.165) is 28.7 Å². The van der Waals surface area contributed by atoms with Crippen molar-refractivity contribution in [3.63, 3.8) is 0 Å². The molecule has 5 nitrogen and oxygen atoms in total. The molecule has 0 fully saturated rings. The molecule has 0 atom stereocenters. The van der Waals surface area contributed by atoms with Crippen molar-refractivity contribution in [2.75, 3.05) is 5.32 Å². The molecule has 0 amide bonds. The van der Waals surface area contributed by atoms with Crippen LogP contribution in [-0.2, 0) is 13.2 Å². The van der Waals surface area contributed by atoms with E-state index in [1.807, 2.05) is 24.3 Å². The third-order valence-corrected chi connectivity index (χ3v) is 4.91. The Hall–Kier alpha value is -3.68. The molecule has 1 N–H and O–H groups in total. The van der Waals surface area contributed by atoms with Crippen molar-refractivity contribution >= 4 is 22.4 Å². The lowest BCUT2D eigenvalue weighted by atomic mass is 10.1. The highest BCUT2D eigenvalue weighted by Crippen LogP contribution is 2.31. The van der Waals surface area contributed by atoms with Crippen LogP contribution in [0.4, 0.5) is 24.7 Å². The van der Waals surface area contributed by atoms with Crippen LogP contribution in [0, 0.1) is 6.92 Å². The monoisotopic (exact) mass is 410 g/mol. The maximum atomic E-state index is 12.8. The number of alkyl halides is 3. The van der Waals surface area contributed by atoms with Gasteiger partial charge < -0.3 is 9.88 Å². The van der Waals surface area contributed by atoms with Gasteiger partial charge in [-0.05, 0) is 48.9 Å². The van der Waals surface area contributed by atoms with Crippen LogP contribution in [0.15, 0.2) is 65.6 Å². The molecule has 2 heterocycles. The number of anilines is 2.